The van der Waals surface area contributed by atoms with Crippen LogP contribution < -0.4 is 15.4 Å². The van der Waals surface area contributed by atoms with Crippen LogP contribution in [0.5, 0.6) is 5.75 Å². The van der Waals surface area contributed by atoms with E-state index in [0.717, 1.165) is 47.2 Å². The van der Waals surface area contributed by atoms with Crippen molar-refractivity contribution >= 4 is 28.9 Å². The molecule has 1 saturated carbocycles. The summed E-state index contributed by atoms with van der Waals surface area (Å²) in [4.78, 5) is 33.9. The van der Waals surface area contributed by atoms with E-state index in [9.17, 15) is 14.0 Å². The Hall–Kier alpha value is -4.46. The molecule has 8 heteroatoms. The van der Waals surface area contributed by atoms with Gasteiger partial charge in [0.05, 0.1) is 24.1 Å². The van der Waals surface area contributed by atoms with Crippen molar-refractivity contribution in [3.05, 3.63) is 89.5 Å². The van der Waals surface area contributed by atoms with Crippen LogP contribution in [0.25, 0.3) is 11.3 Å². The number of nitrogens with one attached hydrogen (secondary N) is 3. The van der Waals surface area contributed by atoms with Gasteiger partial charge >= 0.3 is 0 Å². The predicted molar refractivity (Wildman–Crippen MR) is 139 cm³/mol. The molecule has 0 radical (unpaired) electrons. The SMILES string of the molecule is COc1ccc(C(=O)Nc2cc(-c3[nH]c4c(c3Nc3ccccc3)C(=O)[C@@H]3C[C@]3(C)C4)ccn2)cc1F. The Bertz CT molecular complexity index is 1550. The number of benzene rings is 2. The number of anilines is 3. The van der Waals surface area contributed by atoms with Crippen LogP contribution in [0.3, 0.4) is 0 Å². The molecule has 0 bridgehead atoms. The van der Waals surface area contributed by atoms with Gasteiger partial charge in [0, 0.05) is 34.6 Å². The van der Waals surface area contributed by atoms with Crippen molar-refractivity contribution in [2.75, 3.05) is 17.7 Å². The van der Waals surface area contributed by atoms with Gasteiger partial charge in [0.1, 0.15) is 5.82 Å². The largest absolute Gasteiger partial charge is 0.494 e. The van der Waals surface area contributed by atoms with E-state index in [0.29, 0.717) is 11.4 Å². The van der Waals surface area contributed by atoms with Crippen LogP contribution in [0.1, 0.15) is 39.8 Å². The fourth-order valence-corrected chi connectivity index (χ4v) is 5.20. The molecule has 2 heterocycles. The molecule has 2 aliphatic rings. The number of nitrogens with zero attached hydrogens (tertiary/aromatic N) is 1. The molecule has 0 saturated heterocycles. The number of aromatic nitrogens is 2. The summed E-state index contributed by atoms with van der Waals surface area (Å²) in [5.74, 6) is -0.541. The number of amides is 1. The molecule has 1 fully saturated rings. The van der Waals surface area contributed by atoms with Crippen molar-refractivity contribution in [1.29, 1.82) is 0 Å². The van der Waals surface area contributed by atoms with Crippen LogP contribution in [0, 0.1) is 17.2 Å². The lowest BCUT2D eigenvalue weighted by Gasteiger charge is -2.18. The maximum Gasteiger partial charge on any atom is 0.256 e. The first kappa shape index (κ1) is 23.0. The predicted octanol–water partition coefficient (Wildman–Crippen LogP) is 5.99. The number of rotatable bonds is 6. The van der Waals surface area contributed by atoms with Crippen molar-refractivity contribution in [1.82, 2.24) is 9.97 Å². The third-order valence-electron chi connectivity index (χ3n) is 7.32. The third kappa shape index (κ3) is 4.04. The van der Waals surface area contributed by atoms with Gasteiger partial charge in [-0.25, -0.2) is 9.37 Å². The van der Waals surface area contributed by atoms with Crippen molar-refractivity contribution < 1.29 is 18.7 Å². The number of carbonyl (C=O) groups is 2. The zero-order valence-electron chi connectivity index (χ0n) is 20.4. The lowest BCUT2D eigenvalue weighted by atomic mass is 9.87. The van der Waals surface area contributed by atoms with Gasteiger partial charge in [0.2, 0.25) is 0 Å². The standard InChI is InChI=1S/C29H25FN4O3/c1-29-14-19(29)27(35)24-21(15-29)33-25(26(24)32-18-6-4-3-5-7-18)16-10-11-31-23(13-16)34-28(36)17-8-9-22(37-2)20(30)12-17/h3-13,19,32-33H,14-15H2,1-2H3,(H,31,34,36)/t19-,29+/m0/s1. The fourth-order valence-electron chi connectivity index (χ4n) is 5.20. The Kier molecular flexibility index (Phi) is 5.33. The van der Waals surface area contributed by atoms with Gasteiger partial charge in [-0.1, -0.05) is 25.1 Å². The van der Waals surface area contributed by atoms with E-state index < -0.39 is 11.7 Å². The molecule has 2 aromatic heterocycles. The average molecular weight is 497 g/mol. The minimum Gasteiger partial charge on any atom is -0.494 e. The van der Waals surface area contributed by atoms with Crippen LogP contribution in [0.4, 0.5) is 21.6 Å². The normalized spacial score (nSPS) is 19.5. The number of Topliss-reactive ketones (excluding diaryl/α,β-unsaturated/α-hetero) is 1. The number of pyridine rings is 1. The van der Waals surface area contributed by atoms with Crippen molar-refractivity contribution in [2.24, 2.45) is 11.3 Å². The summed E-state index contributed by atoms with van der Waals surface area (Å²) in [7, 11) is 1.36. The molecule has 4 aromatic rings. The number of aromatic amines is 1. The molecule has 6 rings (SSSR count). The molecular formula is C29H25FN4O3. The molecule has 7 nitrogen and oxygen atoms in total. The summed E-state index contributed by atoms with van der Waals surface area (Å²) in [5, 5.41) is 6.19. The third-order valence-corrected chi connectivity index (χ3v) is 7.32. The first-order valence-electron chi connectivity index (χ1n) is 12.1. The molecule has 186 valence electrons. The van der Waals surface area contributed by atoms with Crippen LogP contribution in [0.15, 0.2) is 66.9 Å². The van der Waals surface area contributed by atoms with Gasteiger partial charge in [-0.3, -0.25) is 9.59 Å². The average Bonchev–Trinajstić information content (AvgIpc) is 3.46. The number of fused-ring (bicyclic) bond motifs is 2. The second-order valence-electron chi connectivity index (χ2n) is 9.90. The molecule has 3 N–H and O–H groups in total. The van der Waals surface area contributed by atoms with Gasteiger partial charge in [-0.05, 0) is 60.7 Å². The van der Waals surface area contributed by atoms with E-state index in [1.165, 1.54) is 19.2 Å². The first-order valence-corrected chi connectivity index (χ1v) is 12.1. The molecule has 0 spiro atoms. The first-order chi connectivity index (χ1) is 17.9. The lowest BCUT2D eigenvalue weighted by molar-refractivity contribution is 0.0940. The summed E-state index contributed by atoms with van der Waals surface area (Å²) in [6, 6.07) is 17.3. The monoisotopic (exact) mass is 496 g/mol. The molecule has 2 aliphatic carbocycles. The number of hydrogen-bond acceptors (Lipinski definition) is 5. The van der Waals surface area contributed by atoms with Gasteiger partial charge < -0.3 is 20.4 Å². The van der Waals surface area contributed by atoms with E-state index in [-0.39, 0.29) is 28.4 Å². The van der Waals surface area contributed by atoms with Crippen LogP contribution in [-0.4, -0.2) is 28.8 Å². The molecule has 0 aliphatic heterocycles. The van der Waals surface area contributed by atoms with Gasteiger partial charge in [0.15, 0.2) is 17.3 Å². The number of ketones is 1. The van der Waals surface area contributed by atoms with E-state index >= 15 is 0 Å². The maximum atomic E-state index is 14.1. The van der Waals surface area contributed by atoms with Crippen LogP contribution >= 0.6 is 0 Å². The van der Waals surface area contributed by atoms with Gasteiger partial charge in [-0.2, -0.15) is 0 Å². The Balaban J connectivity index is 1.36. The fraction of sp³-hybridized carbons (Fsp3) is 0.207. The number of para-hydroxylation sites is 1. The Morgan fingerprint density at radius 2 is 1.97 bits per heavy atom. The number of hydrogen-bond donors (Lipinski definition) is 3. The van der Waals surface area contributed by atoms with Crippen LogP contribution in [-0.2, 0) is 6.42 Å². The lowest BCUT2D eigenvalue weighted by Crippen LogP contribution is -2.19. The highest BCUT2D eigenvalue weighted by atomic mass is 19.1. The highest BCUT2D eigenvalue weighted by Gasteiger charge is 2.58. The van der Waals surface area contributed by atoms with E-state index in [4.69, 9.17) is 4.74 Å². The molecular weight excluding hydrogens is 471 g/mol. The van der Waals surface area contributed by atoms with Crippen molar-refractivity contribution in [3.8, 4) is 17.0 Å². The summed E-state index contributed by atoms with van der Waals surface area (Å²) in [5.41, 5.74) is 4.88. The maximum absolute atomic E-state index is 14.1. The molecule has 2 atom stereocenters. The Morgan fingerprint density at radius 1 is 1.16 bits per heavy atom. The summed E-state index contributed by atoms with van der Waals surface area (Å²) < 4.78 is 19.0. The molecule has 1 amide bonds. The Morgan fingerprint density at radius 3 is 2.73 bits per heavy atom. The zero-order chi connectivity index (χ0) is 25.7. The highest BCUT2D eigenvalue weighted by molar-refractivity contribution is 6.10. The zero-order valence-corrected chi connectivity index (χ0v) is 20.4. The van der Waals surface area contributed by atoms with Crippen LogP contribution in [0.2, 0.25) is 0 Å². The molecule has 37 heavy (non-hydrogen) atoms. The second-order valence-corrected chi connectivity index (χ2v) is 9.90. The summed E-state index contributed by atoms with van der Waals surface area (Å²) in [6.07, 6.45) is 3.30. The summed E-state index contributed by atoms with van der Waals surface area (Å²) in [6.45, 7) is 2.16. The quantitative estimate of drug-likeness (QED) is 0.305. The number of H-pyrrole nitrogens is 1. The molecule has 2 aromatic carbocycles. The minimum absolute atomic E-state index is 0.0151. The van der Waals surface area contributed by atoms with Gasteiger partial charge in [0.25, 0.3) is 5.91 Å². The minimum atomic E-state index is -0.623. The second kappa shape index (κ2) is 8.58. The van der Waals surface area contributed by atoms with E-state index in [1.807, 2.05) is 36.4 Å². The summed E-state index contributed by atoms with van der Waals surface area (Å²) >= 11 is 0. The Labute approximate surface area is 213 Å². The smallest absolute Gasteiger partial charge is 0.256 e. The van der Waals surface area contributed by atoms with E-state index in [2.05, 4.69) is 27.5 Å². The van der Waals surface area contributed by atoms with Crippen molar-refractivity contribution in [3.63, 3.8) is 0 Å². The number of methoxy groups -OCH3 is 1. The van der Waals surface area contributed by atoms with E-state index in [1.54, 1.807) is 12.3 Å². The molecule has 0 unspecified atom stereocenters. The number of carbonyl (C=O) groups excluding carboxylic acids is 2. The number of halogens is 1. The topological polar surface area (TPSA) is 96.1 Å². The number of ether oxygens (including phenoxy) is 1. The van der Waals surface area contributed by atoms with Crippen molar-refractivity contribution in [2.45, 2.75) is 19.8 Å². The van der Waals surface area contributed by atoms with Gasteiger partial charge in [-0.15, -0.1) is 0 Å². The highest BCUT2D eigenvalue weighted by Crippen LogP contribution is 2.60.